The molecule has 0 saturated carbocycles. The number of nitrogens with zero attached hydrogens (tertiary/aromatic N) is 4. The number of thioether (sulfide) groups is 1. The number of carbonyl (C=O) groups is 1. The normalized spacial score (nSPS) is 14.0. The van der Waals surface area contributed by atoms with Crippen LogP contribution in [0.3, 0.4) is 0 Å². The molecular weight excluding hydrogens is 355 g/mol. The highest BCUT2D eigenvalue weighted by Crippen LogP contribution is 2.20. The van der Waals surface area contributed by atoms with E-state index in [4.69, 9.17) is 0 Å². The van der Waals surface area contributed by atoms with Crippen LogP contribution in [0.5, 0.6) is 0 Å². The number of rotatable bonds is 6. The molecule has 1 aliphatic rings. The van der Waals surface area contributed by atoms with Gasteiger partial charge in [-0.2, -0.15) is 0 Å². The molecule has 2 heterocycles. The van der Waals surface area contributed by atoms with Crippen LogP contribution in [-0.2, 0) is 24.0 Å². The fraction of sp³-hybridized carbons (Fsp3) is 0.444. The Balaban J connectivity index is 1.63. The summed E-state index contributed by atoms with van der Waals surface area (Å²) in [5.41, 5.74) is 0.576. The highest BCUT2D eigenvalue weighted by Gasteiger charge is 2.19. The van der Waals surface area contributed by atoms with Gasteiger partial charge in [0.2, 0.25) is 5.91 Å². The molecule has 6 nitrogen and oxygen atoms in total. The van der Waals surface area contributed by atoms with E-state index in [1.807, 2.05) is 4.90 Å². The molecule has 0 N–H and O–H groups in total. The van der Waals surface area contributed by atoms with E-state index < -0.39 is 0 Å². The van der Waals surface area contributed by atoms with E-state index in [1.165, 1.54) is 22.4 Å². The summed E-state index contributed by atoms with van der Waals surface area (Å²) in [6.45, 7) is 1.60. The third-order valence-corrected chi connectivity index (χ3v) is 5.51. The van der Waals surface area contributed by atoms with Crippen molar-refractivity contribution < 1.29 is 9.18 Å². The monoisotopic (exact) mass is 376 g/mol. The number of benzene rings is 1. The van der Waals surface area contributed by atoms with Crippen LogP contribution in [-0.4, -0.2) is 38.7 Å². The number of hydrogen-bond donors (Lipinski definition) is 0. The first kappa shape index (κ1) is 18.6. The largest absolute Gasteiger partial charge is 0.343 e. The number of amides is 1. The molecule has 0 aliphatic carbocycles. The van der Waals surface area contributed by atoms with Gasteiger partial charge >= 0.3 is 0 Å². The molecule has 1 amide bonds. The Morgan fingerprint density at radius 1 is 1.23 bits per heavy atom. The Bertz CT molecular complexity index is 849. The van der Waals surface area contributed by atoms with E-state index in [-0.39, 0.29) is 35.8 Å². The lowest BCUT2D eigenvalue weighted by atomic mass is 10.2. The smallest absolute Gasteiger partial charge is 0.275 e. The molecule has 0 atom stereocenters. The summed E-state index contributed by atoms with van der Waals surface area (Å²) in [4.78, 5) is 26.4. The van der Waals surface area contributed by atoms with E-state index in [2.05, 4.69) is 10.2 Å². The minimum atomic E-state index is -0.282. The zero-order valence-electron chi connectivity index (χ0n) is 14.7. The topological polar surface area (TPSA) is 68.1 Å². The minimum absolute atomic E-state index is 0.0596. The SMILES string of the molecule is Cn1c(SCc2ccccc2F)nnc(CCC(=O)N2CCCC2)c1=O. The first-order valence-corrected chi connectivity index (χ1v) is 9.61. The molecule has 1 saturated heterocycles. The summed E-state index contributed by atoms with van der Waals surface area (Å²) in [5.74, 6) is 0.140. The van der Waals surface area contributed by atoms with Crippen molar-refractivity contribution in [1.29, 1.82) is 0 Å². The molecule has 0 unspecified atom stereocenters. The van der Waals surface area contributed by atoms with Crippen LogP contribution in [0.1, 0.15) is 30.5 Å². The van der Waals surface area contributed by atoms with Gasteiger partial charge in [-0.15, -0.1) is 10.2 Å². The Hall–Kier alpha value is -2.22. The number of aryl methyl sites for hydroxylation is 1. The lowest BCUT2D eigenvalue weighted by molar-refractivity contribution is -0.130. The molecule has 8 heteroatoms. The first-order valence-electron chi connectivity index (χ1n) is 8.63. The Kier molecular flexibility index (Phi) is 6.03. The number of aromatic nitrogens is 3. The molecule has 0 spiro atoms. The summed E-state index contributed by atoms with van der Waals surface area (Å²) >= 11 is 1.26. The second kappa shape index (κ2) is 8.44. The molecule has 1 aromatic heterocycles. The Morgan fingerprint density at radius 3 is 2.69 bits per heavy atom. The zero-order valence-corrected chi connectivity index (χ0v) is 15.5. The molecule has 1 aromatic carbocycles. The van der Waals surface area contributed by atoms with E-state index in [1.54, 1.807) is 25.2 Å². The third kappa shape index (κ3) is 4.30. The van der Waals surface area contributed by atoms with Gasteiger partial charge in [0.05, 0.1) is 0 Å². The highest BCUT2D eigenvalue weighted by atomic mass is 32.2. The van der Waals surface area contributed by atoms with Crippen LogP contribution in [0.25, 0.3) is 0 Å². The average molecular weight is 376 g/mol. The number of carbonyl (C=O) groups excluding carboxylic acids is 1. The maximum Gasteiger partial charge on any atom is 0.275 e. The molecular formula is C18H21FN4O2S. The standard InChI is InChI=1S/C18H21FN4O2S/c1-22-17(25)15(8-9-16(24)23-10-4-5-11-23)20-21-18(22)26-12-13-6-2-3-7-14(13)19/h2-3,6-7H,4-5,8-12H2,1H3. The zero-order chi connectivity index (χ0) is 18.5. The summed E-state index contributed by atoms with van der Waals surface area (Å²) in [6, 6.07) is 6.51. The van der Waals surface area contributed by atoms with Crippen molar-refractivity contribution in [3.63, 3.8) is 0 Å². The molecule has 0 bridgehead atoms. The van der Waals surface area contributed by atoms with Crippen LogP contribution in [0, 0.1) is 5.82 Å². The van der Waals surface area contributed by atoms with Crippen LogP contribution in [0.15, 0.2) is 34.2 Å². The summed E-state index contributed by atoms with van der Waals surface area (Å²) in [7, 11) is 1.62. The van der Waals surface area contributed by atoms with Gasteiger partial charge in [0.25, 0.3) is 5.56 Å². The van der Waals surface area contributed by atoms with Crippen molar-refractivity contribution in [3.8, 4) is 0 Å². The fourth-order valence-electron chi connectivity index (χ4n) is 2.88. The highest BCUT2D eigenvalue weighted by molar-refractivity contribution is 7.98. The Morgan fingerprint density at radius 2 is 1.96 bits per heavy atom. The van der Waals surface area contributed by atoms with Crippen molar-refractivity contribution >= 4 is 17.7 Å². The summed E-state index contributed by atoms with van der Waals surface area (Å²) < 4.78 is 15.1. The van der Waals surface area contributed by atoms with Crippen molar-refractivity contribution in [3.05, 3.63) is 51.7 Å². The van der Waals surface area contributed by atoms with E-state index in [9.17, 15) is 14.0 Å². The molecule has 3 rings (SSSR count). The minimum Gasteiger partial charge on any atom is -0.343 e. The van der Waals surface area contributed by atoms with Gasteiger partial charge < -0.3 is 4.90 Å². The van der Waals surface area contributed by atoms with Crippen LogP contribution in [0.4, 0.5) is 4.39 Å². The summed E-state index contributed by atoms with van der Waals surface area (Å²) in [6.07, 6.45) is 2.64. The lowest BCUT2D eigenvalue weighted by Crippen LogP contribution is -2.30. The van der Waals surface area contributed by atoms with Gasteiger partial charge in [-0.3, -0.25) is 14.2 Å². The van der Waals surface area contributed by atoms with Crippen molar-refractivity contribution in [2.24, 2.45) is 7.05 Å². The van der Waals surface area contributed by atoms with Crippen LogP contribution >= 0.6 is 11.8 Å². The van der Waals surface area contributed by atoms with E-state index in [0.29, 0.717) is 16.5 Å². The molecule has 138 valence electrons. The number of halogens is 1. The predicted octanol–water partition coefficient (Wildman–Crippen LogP) is 2.16. The van der Waals surface area contributed by atoms with Gasteiger partial charge in [0, 0.05) is 38.7 Å². The van der Waals surface area contributed by atoms with E-state index >= 15 is 0 Å². The molecule has 2 aromatic rings. The predicted molar refractivity (Wildman–Crippen MR) is 97.4 cm³/mol. The fourth-order valence-corrected chi connectivity index (χ4v) is 3.78. The van der Waals surface area contributed by atoms with Crippen molar-refractivity contribution in [2.75, 3.05) is 13.1 Å². The second-order valence-corrected chi connectivity index (χ2v) is 7.20. The molecule has 1 aliphatic heterocycles. The van der Waals surface area contributed by atoms with Gasteiger partial charge in [0.15, 0.2) is 5.16 Å². The average Bonchev–Trinajstić information content (AvgIpc) is 3.18. The third-order valence-electron chi connectivity index (χ3n) is 4.44. The van der Waals surface area contributed by atoms with E-state index in [0.717, 1.165) is 25.9 Å². The van der Waals surface area contributed by atoms with Gasteiger partial charge in [0.1, 0.15) is 11.5 Å². The van der Waals surface area contributed by atoms with Crippen molar-refractivity contribution in [2.45, 2.75) is 36.6 Å². The molecule has 0 radical (unpaired) electrons. The molecule has 1 fully saturated rings. The number of likely N-dealkylation sites (tertiary alicyclic amines) is 1. The van der Waals surface area contributed by atoms with Gasteiger partial charge in [-0.05, 0) is 24.5 Å². The van der Waals surface area contributed by atoms with Crippen molar-refractivity contribution in [1.82, 2.24) is 19.7 Å². The first-order chi connectivity index (χ1) is 12.6. The quantitative estimate of drug-likeness (QED) is 0.723. The van der Waals surface area contributed by atoms with Gasteiger partial charge in [-0.1, -0.05) is 30.0 Å². The van der Waals surface area contributed by atoms with Gasteiger partial charge in [-0.25, -0.2) is 4.39 Å². The molecule has 26 heavy (non-hydrogen) atoms. The maximum atomic E-state index is 13.7. The summed E-state index contributed by atoms with van der Waals surface area (Å²) in [5, 5.41) is 8.52. The van der Waals surface area contributed by atoms with Crippen LogP contribution < -0.4 is 5.56 Å². The second-order valence-electron chi connectivity index (χ2n) is 6.26. The maximum absolute atomic E-state index is 13.7. The lowest BCUT2D eigenvalue weighted by Gasteiger charge is -2.14. The Labute approximate surface area is 155 Å². The number of hydrogen-bond acceptors (Lipinski definition) is 5. The van der Waals surface area contributed by atoms with Crippen LogP contribution in [0.2, 0.25) is 0 Å².